The third-order valence-corrected chi connectivity index (χ3v) is 7.09. The van der Waals surface area contributed by atoms with Crippen LogP contribution < -0.4 is 25.2 Å². The van der Waals surface area contributed by atoms with Gasteiger partial charge in [-0.2, -0.15) is 0 Å². The maximum atomic E-state index is 13.4. The number of piperazine rings is 1. The number of methoxy groups -OCH3 is 1. The number of carbonyl (C=O) groups is 2. The summed E-state index contributed by atoms with van der Waals surface area (Å²) in [4.78, 5) is 30.3. The van der Waals surface area contributed by atoms with E-state index < -0.39 is 0 Å². The number of benzene rings is 2. The fourth-order valence-corrected chi connectivity index (χ4v) is 5.02. The van der Waals surface area contributed by atoms with Crippen molar-refractivity contribution in [1.82, 2.24) is 5.32 Å². The maximum Gasteiger partial charge on any atom is 0.253 e. The summed E-state index contributed by atoms with van der Waals surface area (Å²) in [5.74, 6) is 0.709. The van der Waals surface area contributed by atoms with Crippen LogP contribution in [0.15, 0.2) is 42.5 Å². The summed E-state index contributed by atoms with van der Waals surface area (Å²) in [5, 5.41) is 6.04. The van der Waals surface area contributed by atoms with Gasteiger partial charge in [-0.1, -0.05) is 31.9 Å². The van der Waals surface area contributed by atoms with Crippen LogP contribution in [0.4, 0.5) is 17.1 Å². The SMILES string of the molecule is CCCCCC(=O)Nc1ccc(N2CCN(c3ccccc3OC)CC2)c(C(=O)NCC2CCCO2)c1. The highest BCUT2D eigenvalue weighted by Crippen LogP contribution is 2.31. The van der Waals surface area contributed by atoms with Gasteiger partial charge in [0.15, 0.2) is 0 Å². The molecule has 2 heterocycles. The van der Waals surface area contributed by atoms with E-state index in [4.69, 9.17) is 9.47 Å². The van der Waals surface area contributed by atoms with Gasteiger partial charge in [0.1, 0.15) is 5.75 Å². The highest BCUT2D eigenvalue weighted by atomic mass is 16.5. The van der Waals surface area contributed by atoms with Crippen LogP contribution in [0.5, 0.6) is 5.75 Å². The summed E-state index contributed by atoms with van der Waals surface area (Å²) < 4.78 is 11.2. The second-order valence-electron chi connectivity index (χ2n) is 9.73. The van der Waals surface area contributed by atoms with E-state index in [9.17, 15) is 9.59 Å². The molecule has 8 heteroatoms. The molecule has 0 spiro atoms. The van der Waals surface area contributed by atoms with Gasteiger partial charge in [0, 0.05) is 57.1 Å². The van der Waals surface area contributed by atoms with Crippen molar-refractivity contribution in [2.24, 2.45) is 0 Å². The Morgan fingerprint density at radius 3 is 2.49 bits per heavy atom. The smallest absolute Gasteiger partial charge is 0.253 e. The summed E-state index contributed by atoms with van der Waals surface area (Å²) in [6, 6.07) is 13.7. The zero-order chi connectivity index (χ0) is 26.0. The monoisotopic (exact) mass is 508 g/mol. The minimum absolute atomic E-state index is 0.0164. The van der Waals surface area contributed by atoms with Crippen LogP contribution in [0.3, 0.4) is 0 Å². The number of unbranched alkanes of at least 4 members (excludes halogenated alkanes) is 2. The van der Waals surface area contributed by atoms with E-state index in [1.807, 2.05) is 36.4 Å². The van der Waals surface area contributed by atoms with Crippen LogP contribution in [0.1, 0.15) is 55.8 Å². The standard InChI is InChI=1S/C29H40N4O4/c1-3-4-5-12-28(34)31-22-13-14-25(24(20-22)29(35)30-21-23-9-8-19-37-23)32-15-17-33(18-16-32)26-10-6-7-11-27(26)36-2/h6-7,10-11,13-14,20,23H,3-5,8-9,12,15-19,21H2,1-2H3,(H,30,35)(H,31,34). The molecule has 200 valence electrons. The second kappa shape index (κ2) is 13.3. The molecule has 0 saturated carbocycles. The molecular formula is C29H40N4O4. The Balaban J connectivity index is 1.48. The van der Waals surface area contributed by atoms with Crippen molar-refractivity contribution in [2.45, 2.75) is 51.6 Å². The number of rotatable bonds is 11. The van der Waals surface area contributed by atoms with E-state index in [1.165, 1.54) is 0 Å². The molecule has 0 radical (unpaired) electrons. The van der Waals surface area contributed by atoms with Gasteiger partial charge in [-0.3, -0.25) is 9.59 Å². The molecule has 4 rings (SSSR count). The molecule has 2 aromatic carbocycles. The first-order chi connectivity index (χ1) is 18.1. The lowest BCUT2D eigenvalue weighted by Crippen LogP contribution is -2.47. The van der Waals surface area contributed by atoms with Crippen molar-refractivity contribution < 1.29 is 19.1 Å². The molecule has 0 aliphatic carbocycles. The average Bonchev–Trinajstić information content (AvgIpc) is 3.46. The number of para-hydroxylation sites is 2. The predicted molar refractivity (Wildman–Crippen MR) is 148 cm³/mol. The molecule has 2 N–H and O–H groups in total. The van der Waals surface area contributed by atoms with Gasteiger partial charge in [-0.15, -0.1) is 0 Å². The molecule has 0 aromatic heterocycles. The molecule has 0 bridgehead atoms. The lowest BCUT2D eigenvalue weighted by molar-refractivity contribution is -0.116. The zero-order valence-electron chi connectivity index (χ0n) is 22.1. The van der Waals surface area contributed by atoms with Gasteiger partial charge in [-0.05, 0) is 49.6 Å². The van der Waals surface area contributed by atoms with Gasteiger partial charge in [0.05, 0.1) is 24.5 Å². The average molecular weight is 509 g/mol. The van der Waals surface area contributed by atoms with Crippen LogP contribution in [0.25, 0.3) is 0 Å². The number of carbonyl (C=O) groups excluding carboxylic acids is 2. The van der Waals surface area contributed by atoms with Crippen molar-refractivity contribution in [2.75, 3.05) is 61.6 Å². The molecule has 2 saturated heterocycles. The van der Waals surface area contributed by atoms with Crippen molar-refractivity contribution in [3.05, 3.63) is 48.0 Å². The third kappa shape index (κ3) is 7.16. The Morgan fingerprint density at radius 1 is 1.03 bits per heavy atom. The van der Waals surface area contributed by atoms with Crippen LogP contribution in [-0.4, -0.2) is 64.4 Å². The molecule has 2 aliphatic heterocycles. The van der Waals surface area contributed by atoms with Gasteiger partial charge < -0.3 is 29.9 Å². The van der Waals surface area contributed by atoms with Crippen molar-refractivity contribution >= 4 is 28.9 Å². The fourth-order valence-electron chi connectivity index (χ4n) is 5.02. The highest BCUT2D eigenvalue weighted by molar-refractivity contribution is 6.02. The molecule has 37 heavy (non-hydrogen) atoms. The first-order valence-corrected chi connectivity index (χ1v) is 13.6. The predicted octanol–water partition coefficient (Wildman–Crippen LogP) is 4.45. The largest absolute Gasteiger partial charge is 0.495 e. The molecule has 1 unspecified atom stereocenters. The Kier molecular flexibility index (Phi) is 9.65. The summed E-state index contributed by atoms with van der Waals surface area (Å²) in [5.41, 5.74) is 3.20. The molecule has 2 fully saturated rings. The van der Waals surface area contributed by atoms with Crippen LogP contribution >= 0.6 is 0 Å². The molecular weight excluding hydrogens is 468 g/mol. The third-order valence-electron chi connectivity index (χ3n) is 7.09. The maximum absolute atomic E-state index is 13.4. The first kappa shape index (κ1) is 26.8. The highest BCUT2D eigenvalue weighted by Gasteiger charge is 2.25. The Hall–Kier alpha value is -3.26. The Morgan fingerprint density at radius 2 is 1.78 bits per heavy atom. The number of ether oxygens (including phenoxy) is 2. The molecule has 8 nitrogen and oxygen atoms in total. The van der Waals surface area contributed by atoms with Gasteiger partial charge in [0.2, 0.25) is 5.91 Å². The lowest BCUT2D eigenvalue weighted by atomic mass is 10.1. The summed E-state index contributed by atoms with van der Waals surface area (Å²) in [7, 11) is 1.70. The lowest BCUT2D eigenvalue weighted by Gasteiger charge is -2.38. The normalized spacial score (nSPS) is 17.5. The van der Waals surface area contributed by atoms with Gasteiger partial charge in [0.25, 0.3) is 5.91 Å². The minimum atomic E-state index is -0.139. The van der Waals surface area contributed by atoms with Crippen LogP contribution in [0, 0.1) is 0 Å². The quantitative estimate of drug-likeness (QED) is 0.437. The number of nitrogens with one attached hydrogen (secondary N) is 2. The van der Waals surface area contributed by atoms with Gasteiger partial charge >= 0.3 is 0 Å². The van der Waals surface area contributed by atoms with E-state index in [1.54, 1.807) is 7.11 Å². The van der Waals surface area contributed by atoms with E-state index in [0.29, 0.717) is 24.2 Å². The Bertz CT molecular complexity index is 1050. The van der Waals surface area contributed by atoms with Crippen molar-refractivity contribution in [1.29, 1.82) is 0 Å². The zero-order valence-corrected chi connectivity index (χ0v) is 22.1. The minimum Gasteiger partial charge on any atom is -0.495 e. The number of nitrogens with zero attached hydrogens (tertiary/aromatic N) is 2. The summed E-state index contributed by atoms with van der Waals surface area (Å²) in [6.07, 6.45) is 5.52. The fraction of sp³-hybridized carbons (Fsp3) is 0.517. The molecule has 2 amide bonds. The van der Waals surface area contributed by atoms with E-state index in [0.717, 1.165) is 82.0 Å². The van der Waals surface area contributed by atoms with Crippen molar-refractivity contribution in [3.8, 4) is 5.75 Å². The topological polar surface area (TPSA) is 83.1 Å². The van der Waals surface area contributed by atoms with Gasteiger partial charge in [-0.25, -0.2) is 0 Å². The second-order valence-corrected chi connectivity index (χ2v) is 9.73. The summed E-state index contributed by atoms with van der Waals surface area (Å²) in [6.45, 7) is 6.53. The Labute approximate surface area is 220 Å². The number of anilines is 3. The van der Waals surface area contributed by atoms with Crippen LogP contribution in [-0.2, 0) is 9.53 Å². The number of hydrogen-bond acceptors (Lipinski definition) is 6. The summed E-state index contributed by atoms with van der Waals surface area (Å²) >= 11 is 0. The van der Waals surface area contributed by atoms with Crippen molar-refractivity contribution in [3.63, 3.8) is 0 Å². The molecule has 1 atom stereocenters. The van der Waals surface area contributed by atoms with E-state index in [-0.39, 0.29) is 17.9 Å². The van der Waals surface area contributed by atoms with E-state index in [2.05, 4.69) is 33.4 Å². The number of hydrogen-bond donors (Lipinski definition) is 2. The first-order valence-electron chi connectivity index (χ1n) is 13.6. The molecule has 2 aliphatic rings. The number of amides is 2. The molecule has 2 aromatic rings. The van der Waals surface area contributed by atoms with E-state index >= 15 is 0 Å². The van der Waals surface area contributed by atoms with Crippen LogP contribution in [0.2, 0.25) is 0 Å².